The molecule has 0 spiro atoms. The molecule has 0 amide bonds. The molecule has 0 bridgehead atoms. The number of anilines is 1. The van der Waals surface area contributed by atoms with E-state index >= 15 is 0 Å². The number of nitrogens with zero attached hydrogens (tertiary/aromatic N) is 3. The van der Waals surface area contributed by atoms with Gasteiger partial charge in [-0.1, -0.05) is 37.2 Å². The average Bonchev–Trinajstić information content (AvgIpc) is 3.13. The zero-order valence-electron chi connectivity index (χ0n) is 16.9. The van der Waals surface area contributed by atoms with Gasteiger partial charge in [0.2, 0.25) is 0 Å². The van der Waals surface area contributed by atoms with Crippen molar-refractivity contribution in [3.8, 4) is 0 Å². The van der Waals surface area contributed by atoms with Crippen LogP contribution in [0.2, 0.25) is 0 Å². The van der Waals surface area contributed by atoms with Gasteiger partial charge in [-0.25, -0.2) is 4.99 Å². The Labute approximate surface area is 179 Å². The Balaban J connectivity index is 0.00000364. The number of guanidine groups is 1. The summed E-state index contributed by atoms with van der Waals surface area (Å²) in [6.45, 7) is 10.5. The lowest BCUT2D eigenvalue weighted by Gasteiger charge is -2.27. The van der Waals surface area contributed by atoms with Crippen LogP contribution in [0.15, 0.2) is 45.9 Å². The minimum Gasteiger partial charge on any atom is -0.370 e. The van der Waals surface area contributed by atoms with Gasteiger partial charge >= 0.3 is 0 Å². The molecule has 1 atom stereocenters. The fourth-order valence-electron chi connectivity index (χ4n) is 2.47. The van der Waals surface area contributed by atoms with E-state index in [1.807, 2.05) is 12.1 Å². The Kier molecular flexibility index (Phi) is 10.2. The fourth-order valence-corrected chi connectivity index (χ4v) is 2.47. The molecule has 7 heteroatoms. The molecule has 0 aliphatic rings. The number of hydrogen-bond acceptors (Lipinski definition) is 4. The standard InChI is InChI=1S/C20H31N5O.HI/c1-6-21-20(23-14-18-12-19(15(2)3)24-26-18)22-13-16(4)25(5)17-10-8-7-9-11-17;/h7-12,15-16H,6,13-14H2,1-5H3,(H2,21,22,23);1H. The number of aromatic nitrogens is 1. The molecule has 0 radical (unpaired) electrons. The molecule has 6 nitrogen and oxygen atoms in total. The average molecular weight is 485 g/mol. The van der Waals surface area contributed by atoms with E-state index in [-0.39, 0.29) is 24.0 Å². The van der Waals surface area contributed by atoms with E-state index in [4.69, 9.17) is 4.52 Å². The van der Waals surface area contributed by atoms with Crippen molar-refractivity contribution in [2.75, 3.05) is 25.0 Å². The number of likely N-dealkylation sites (N-methyl/N-ethyl adjacent to an activating group) is 1. The van der Waals surface area contributed by atoms with Crippen LogP contribution in [0.3, 0.4) is 0 Å². The number of aliphatic imine (C=N–C) groups is 1. The van der Waals surface area contributed by atoms with Gasteiger partial charge in [0, 0.05) is 37.9 Å². The van der Waals surface area contributed by atoms with E-state index in [9.17, 15) is 0 Å². The van der Waals surface area contributed by atoms with Crippen molar-refractivity contribution >= 4 is 35.6 Å². The van der Waals surface area contributed by atoms with Gasteiger partial charge < -0.3 is 20.1 Å². The Morgan fingerprint density at radius 2 is 1.89 bits per heavy atom. The molecule has 2 rings (SSSR count). The second-order valence-corrected chi connectivity index (χ2v) is 6.74. The monoisotopic (exact) mass is 485 g/mol. The van der Waals surface area contributed by atoms with Crippen molar-refractivity contribution in [1.82, 2.24) is 15.8 Å². The number of hydrogen-bond donors (Lipinski definition) is 2. The summed E-state index contributed by atoms with van der Waals surface area (Å²) in [5.74, 6) is 1.92. The zero-order chi connectivity index (χ0) is 18.9. The molecule has 0 saturated heterocycles. The normalized spacial score (nSPS) is 12.4. The van der Waals surface area contributed by atoms with E-state index in [1.54, 1.807) is 0 Å². The predicted octanol–water partition coefficient (Wildman–Crippen LogP) is 4.00. The van der Waals surface area contributed by atoms with Crippen LogP contribution in [0.4, 0.5) is 5.69 Å². The molecule has 2 N–H and O–H groups in total. The molecule has 0 aliphatic heterocycles. The molecule has 1 aromatic carbocycles. The zero-order valence-corrected chi connectivity index (χ0v) is 19.2. The molecule has 0 aliphatic carbocycles. The largest absolute Gasteiger partial charge is 0.370 e. The highest BCUT2D eigenvalue weighted by Gasteiger charge is 2.11. The van der Waals surface area contributed by atoms with Crippen LogP contribution in [-0.2, 0) is 6.54 Å². The summed E-state index contributed by atoms with van der Waals surface area (Å²) >= 11 is 0. The second-order valence-electron chi connectivity index (χ2n) is 6.74. The number of para-hydroxylation sites is 1. The fraction of sp³-hybridized carbons (Fsp3) is 0.500. The lowest BCUT2D eigenvalue weighted by molar-refractivity contribution is 0.376. The van der Waals surface area contributed by atoms with Crippen molar-refractivity contribution in [2.45, 2.75) is 46.2 Å². The maximum Gasteiger partial charge on any atom is 0.191 e. The second kappa shape index (κ2) is 11.8. The highest BCUT2D eigenvalue weighted by molar-refractivity contribution is 14.0. The van der Waals surface area contributed by atoms with Crippen LogP contribution < -0.4 is 15.5 Å². The number of nitrogens with one attached hydrogen (secondary N) is 2. The first kappa shape index (κ1) is 23.3. The van der Waals surface area contributed by atoms with Crippen molar-refractivity contribution < 1.29 is 4.52 Å². The van der Waals surface area contributed by atoms with Crippen molar-refractivity contribution in [3.05, 3.63) is 47.9 Å². The molecular weight excluding hydrogens is 453 g/mol. The summed E-state index contributed by atoms with van der Waals surface area (Å²) in [7, 11) is 2.10. The van der Waals surface area contributed by atoms with Gasteiger partial charge in [0.1, 0.15) is 6.54 Å². The van der Waals surface area contributed by atoms with E-state index in [0.717, 1.165) is 30.5 Å². The summed E-state index contributed by atoms with van der Waals surface area (Å²) in [5, 5.41) is 10.8. The quantitative estimate of drug-likeness (QED) is 0.336. The summed E-state index contributed by atoms with van der Waals surface area (Å²) < 4.78 is 5.36. The molecule has 1 aromatic heterocycles. The minimum absolute atomic E-state index is 0. The molecule has 1 unspecified atom stereocenters. The van der Waals surface area contributed by atoms with Gasteiger partial charge in [-0.3, -0.25) is 0 Å². The van der Waals surface area contributed by atoms with Crippen LogP contribution in [0.1, 0.15) is 45.1 Å². The summed E-state index contributed by atoms with van der Waals surface area (Å²) in [4.78, 5) is 6.85. The minimum atomic E-state index is 0. The first-order valence-electron chi connectivity index (χ1n) is 9.26. The molecule has 1 heterocycles. The van der Waals surface area contributed by atoms with Crippen LogP contribution in [-0.4, -0.2) is 37.3 Å². The highest BCUT2D eigenvalue weighted by Crippen LogP contribution is 2.15. The van der Waals surface area contributed by atoms with Crippen LogP contribution in [0.25, 0.3) is 0 Å². The van der Waals surface area contributed by atoms with Gasteiger partial charge in [0.25, 0.3) is 0 Å². The molecule has 150 valence electrons. The predicted molar refractivity (Wildman–Crippen MR) is 123 cm³/mol. The number of halogens is 1. The third-order valence-corrected chi connectivity index (χ3v) is 4.30. The first-order chi connectivity index (χ1) is 12.5. The van der Waals surface area contributed by atoms with E-state index in [2.05, 4.69) is 84.7 Å². The van der Waals surface area contributed by atoms with Crippen molar-refractivity contribution in [3.63, 3.8) is 0 Å². The third kappa shape index (κ3) is 7.40. The van der Waals surface area contributed by atoms with E-state index in [0.29, 0.717) is 18.5 Å². The van der Waals surface area contributed by atoms with Crippen molar-refractivity contribution in [2.24, 2.45) is 4.99 Å². The highest BCUT2D eigenvalue weighted by atomic mass is 127. The molecule has 27 heavy (non-hydrogen) atoms. The Morgan fingerprint density at radius 3 is 2.48 bits per heavy atom. The maximum absolute atomic E-state index is 5.36. The molecule has 2 aromatic rings. The lowest BCUT2D eigenvalue weighted by Crippen LogP contribution is -2.45. The molecule has 0 fully saturated rings. The Morgan fingerprint density at radius 1 is 1.19 bits per heavy atom. The van der Waals surface area contributed by atoms with Crippen molar-refractivity contribution in [1.29, 1.82) is 0 Å². The third-order valence-electron chi connectivity index (χ3n) is 4.30. The molecule has 0 saturated carbocycles. The SMILES string of the molecule is CCNC(=NCc1cc(C(C)C)no1)NCC(C)N(C)c1ccccc1.I. The van der Waals surface area contributed by atoms with E-state index in [1.165, 1.54) is 5.69 Å². The van der Waals surface area contributed by atoms with Gasteiger partial charge in [-0.15, -0.1) is 24.0 Å². The van der Waals surface area contributed by atoms with Gasteiger partial charge in [0.15, 0.2) is 11.7 Å². The smallest absolute Gasteiger partial charge is 0.191 e. The van der Waals surface area contributed by atoms with Gasteiger partial charge in [-0.2, -0.15) is 0 Å². The van der Waals surface area contributed by atoms with Gasteiger partial charge in [0.05, 0.1) is 5.69 Å². The lowest BCUT2D eigenvalue weighted by atomic mass is 10.1. The first-order valence-corrected chi connectivity index (χ1v) is 9.26. The van der Waals surface area contributed by atoms with Crippen LogP contribution in [0, 0.1) is 0 Å². The number of benzene rings is 1. The van der Waals surface area contributed by atoms with E-state index < -0.39 is 0 Å². The van der Waals surface area contributed by atoms with Crippen LogP contribution in [0.5, 0.6) is 0 Å². The van der Waals surface area contributed by atoms with Crippen LogP contribution >= 0.6 is 24.0 Å². The molecular formula is C20H32IN5O. The Hall–Kier alpha value is -1.77. The number of rotatable bonds is 8. The van der Waals surface area contributed by atoms with Gasteiger partial charge in [-0.05, 0) is 31.9 Å². The summed E-state index contributed by atoms with van der Waals surface area (Å²) in [6, 6.07) is 12.7. The maximum atomic E-state index is 5.36. The summed E-state index contributed by atoms with van der Waals surface area (Å²) in [5.41, 5.74) is 2.16. The summed E-state index contributed by atoms with van der Waals surface area (Å²) in [6.07, 6.45) is 0. The topological polar surface area (TPSA) is 65.7 Å². The Bertz CT molecular complexity index is 687.